The fourth-order valence-electron chi connectivity index (χ4n) is 3.61. The Balaban J connectivity index is 1.66. The van der Waals surface area contributed by atoms with Crippen molar-refractivity contribution < 1.29 is 17.9 Å². The quantitative estimate of drug-likeness (QED) is 0.489. The van der Waals surface area contributed by atoms with Gasteiger partial charge < -0.3 is 9.30 Å². The number of rotatable bonds is 7. The lowest BCUT2D eigenvalue weighted by Gasteiger charge is -2.25. The van der Waals surface area contributed by atoms with E-state index < -0.39 is 10.0 Å². The third-order valence-corrected chi connectivity index (χ3v) is 7.80. The van der Waals surface area contributed by atoms with Crippen molar-refractivity contribution in [2.24, 2.45) is 0 Å². The molecule has 0 aliphatic carbocycles. The Morgan fingerprint density at radius 2 is 1.93 bits per heavy atom. The number of ketones is 1. The maximum atomic E-state index is 12.7. The normalized spacial score (nSPS) is 15.8. The smallest absolute Gasteiger partial charge is 0.244 e. The van der Waals surface area contributed by atoms with Crippen LogP contribution < -0.4 is 0 Å². The molecular weight excluding hydrogens is 410 g/mol. The minimum absolute atomic E-state index is 0.0433. The molecule has 3 rings (SSSR count). The van der Waals surface area contributed by atoms with E-state index in [-0.39, 0.29) is 16.4 Å². The standard InChI is InChI=1S/C20H27N3O4S2/c1-14(2)23-15(3)11-18(16(23)4)19(24)13-28-20-6-5-17(12-21-20)29(25,26)22-7-9-27-10-8-22/h5-6,11-12,14H,7-10,13H2,1-4H3. The van der Waals surface area contributed by atoms with Gasteiger partial charge in [0.25, 0.3) is 0 Å². The van der Waals surface area contributed by atoms with Gasteiger partial charge >= 0.3 is 0 Å². The maximum Gasteiger partial charge on any atom is 0.244 e. The van der Waals surface area contributed by atoms with Gasteiger partial charge in [-0.1, -0.05) is 11.8 Å². The number of thioether (sulfide) groups is 1. The monoisotopic (exact) mass is 437 g/mol. The number of aromatic nitrogens is 2. The lowest BCUT2D eigenvalue weighted by molar-refractivity contribution is 0.0730. The van der Waals surface area contributed by atoms with E-state index in [4.69, 9.17) is 4.74 Å². The summed E-state index contributed by atoms with van der Waals surface area (Å²) < 4.78 is 34.1. The molecule has 1 aliphatic heterocycles. The van der Waals surface area contributed by atoms with E-state index in [2.05, 4.69) is 23.4 Å². The molecule has 9 heteroatoms. The average Bonchev–Trinajstić information content (AvgIpc) is 3.01. The maximum absolute atomic E-state index is 12.7. The summed E-state index contributed by atoms with van der Waals surface area (Å²) in [6.07, 6.45) is 1.36. The molecule has 0 radical (unpaired) electrons. The molecule has 7 nitrogen and oxygen atoms in total. The summed E-state index contributed by atoms with van der Waals surface area (Å²) in [7, 11) is -3.56. The Labute approximate surface area is 176 Å². The number of carbonyl (C=O) groups excluding carboxylic acids is 1. The predicted molar refractivity (Wildman–Crippen MR) is 113 cm³/mol. The van der Waals surface area contributed by atoms with Crippen LogP contribution >= 0.6 is 11.8 Å². The number of morpholine rings is 1. The number of nitrogens with zero attached hydrogens (tertiary/aromatic N) is 3. The Morgan fingerprint density at radius 3 is 2.48 bits per heavy atom. The highest BCUT2D eigenvalue weighted by atomic mass is 32.2. The molecule has 1 saturated heterocycles. The molecule has 0 spiro atoms. The topological polar surface area (TPSA) is 81.5 Å². The molecule has 3 heterocycles. The highest BCUT2D eigenvalue weighted by Gasteiger charge is 2.26. The van der Waals surface area contributed by atoms with E-state index in [1.807, 2.05) is 19.9 Å². The first-order valence-electron chi connectivity index (χ1n) is 9.60. The highest BCUT2D eigenvalue weighted by Crippen LogP contribution is 2.24. The van der Waals surface area contributed by atoms with Crippen LogP contribution in [0.3, 0.4) is 0 Å². The van der Waals surface area contributed by atoms with E-state index in [1.54, 1.807) is 12.1 Å². The van der Waals surface area contributed by atoms with E-state index in [0.717, 1.165) is 17.0 Å². The summed E-state index contributed by atoms with van der Waals surface area (Å²) in [6.45, 7) is 9.67. The van der Waals surface area contributed by atoms with Gasteiger partial charge in [-0.25, -0.2) is 13.4 Å². The Hall–Kier alpha value is -1.68. The lowest BCUT2D eigenvalue weighted by Crippen LogP contribution is -2.40. The van der Waals surface area contributed by atoms with Crippen molar-refractivity contribution in [3.63, 3.8) is 0 Å². The summed E-state index contributed by atoms with van der Waals surface area (Å²) >= 11 is 1.31. The fourth-order valence-corrected chi connectivity index (χ4v) is 5.69. The third-order valence-electron chi connectivity index (χ3n) is 4.97. The first-order chi connectivity index (χ1) is 13.7. The zero-order valence-corrected chi connectivity index (χ0v) is 18.8. The van der Waals surface area contributed by atoms with Crippen molar-refractivity contribution >= 4 is 27.6 Å². The van der Waals surface area contributed by atoms with Gasteiger partial charge in [0.1, 0.15) is 4.90 Å². The minimum atomic E-state index is -3.56. The second-order valence-corrected chi connectivity index (χ2v) is 10.2. The first-order valence-corrected chi connectivity index (χ1v) is 12.0. The SMILES string of the molecule is Cc1cc(C(=O)CSc2ccc(S(=O)(=O)N3CCOCC3)cn2)c(C)n1C(C)C. The third kappa shape index (κ3) is 4.74. The predicted octanol–water partition coefficient (Wildman–Crippen LogP) is 3.08. The van der Waals surface area contributed by atoms with Crippen LogP contribution in [-0.2, 0) is 14.8 Å². The van der Waals surface area contributed by atoms with E-state index in [1.165, 1.54) is 22.3 Å². The molecule has 29 heavy (non-hydrogen) atoms. The molecule has 0 aromatic carbocycles. The van der Waals surface area contributed by atoms with E-state index in [0.29, 0.717) is 37.4 Å². The minimum Gasteiger partial charge on any atom is -0.379 e. The molecule has 0 amide bonds. The number of hydrogen-bond acceptors (Lipinski definition) is 6. The molecule has 158 valence electrons. The van der Waals surface area contributed by atoms with Crippen LogP contribution in [0.2, 0.25) is 0 Å². The van der Waals surface area contributed by atoms with Crippen LogP contribution in [-0.4, -0.2) is 60.1 Å². The molecule has 2 aromatic rings. The van der Waals surface area contributed by atoms with Crippen LogP contribution in [0.4, 0.5) is 0 Å². The number of ether oxygens (including phenoxy) is 1. The fraction of sp³-hybridized carbons (Fsp3) is 0.500. The van der Waals surface area contributed by atoms with Gasteiger partial charge in [0.2, 0.25) is 10.0 Å². The van der Waals surface area contributed by atoms with Crippen LogP contribution in [0.25, 0.3) is 0 Å². The molecule has 0 atom stereocenters. The van der Waals surface area contributed by atoms with E-state index in [9.17, 15) is 13.2 Å². The summed E-state index contributed by atoms with van der Waals surface area (Å²) in [5.41, 5.74) is 2.78. The number of sulfonamides is 1. The van der Waals surface area contributed by atoms with Gasteiger partial charge in [0.05, 0.1) is 24.0 Å². The molecular formula is C20H27N3O4S2. The Bertz CT molecular complexity index is 976. The molecule has 0 bridgehead atoms. The van der Waals surface area contributed by atoms with Crippen LogP contribution in [0, 0.1) is 13.8 Å². The molecule has 0 N–H and O–H groups in total. The van der Waals surface area contributed by atoms with Gasteiger partial charge in [-0.2, -0.15) is 4.31 Å². The zero-order valence-electron chi connectivity index (χ0n) is 17.2. The first kappa shape index (κ1) is 22.0. The molecule has 0 unspecified atom stereocenters. The Kier molecular flexibility index (Phi) is 6.83. The van der Waals surface area contributed by atoms with Crippen molar-refractivity contribution in [1.82, 2.24) is 13.9 Å². The van der Waals surface area contributed by atoms with Gasteiger partial charge in [-0.05, 0) is 45.9 Å². The summed E-state index contributed by atoms with van der Waals surface area (Å²) in [5.74, 6) is 0.298. The Morgan fingerprint density at radius 1 is 1.24 bits per heavy atom. The molecule has 2 aromatic heterocycles. The number of aryl methyl sites for hydroxylation is 1. The second kappa shape index (κ2) is 8.99. The summed E-state index contributed by atoms with van der Waals surface area (Å²) in [4.78, 5) is 17.1. The molecule has 1 aliphatic rings. The lowest BCUT2D eigenvalue weighted by atomic mass is 10.2. The zero-order chi connectivity index (χ0) is 21.2. The largest absolute Gasteiger partial charge is 0.379 e. The summed E-state index contributed by atoms with van der Waals surface area (Å²) in [6, 6.07) is 5.44. The van der Waals surface area contributed by atoms with Crippen molar-refractivity contribution in [3.8, 4) is 0 Å². The van der Waals surface area contributed by atoms with Crippen LogP contribution in [0.15, 0.2) is 34.3 Å². The van der Waals surface area contributed by atoms with Crippen molar-refractivity contribution in [2.75, 3.05) is 32.1 Å². The van der Waals surface area contributed by atoms with E-state index >= 15 is 0 Å². The van der Waals surface area contributed by atoms with Crippen LogP contribution in [0.1, 0.15) is 41.6 Å². The van der Waals surface area contributed by atoms with Gasteiger partial charge in [0.15, 0.2) is 5.78 Å². The molecule has 1 fully saturated rings. The van der Waals surface area contributed by atoms with Crippen LogP contribution in [0.5, 0.6) is 0 Å². The number of pyridine rings is 1. The van der Waals surface area contributed by atoms with Crippen molar-refractivity contribution in [2.45, 2.75) is 43.7 Å². The number of Topliss-reactive ketones (excluding diaryl/α,β-unsaturated/α-hetero) is 1. The summed E-state index contributed by atoms with van der Waals surface area (Å²) in [5, 5.41) is 0.622. The number of carbonyl (C=O) groups is 1. The van der Waals surface area contributed by atoms with Crippen molar-refractivity contribution in [1.29, 1.82) is 0 Å². The second-order valence-electron chi connectivity index (χ2n) is 7.31. The van der Waals surface area contributed by atoms with Crippen molar-refractivity contribution in [3.05, 3.63) is 41.3 Å². The average molecular weight is 438 g/mol. The highest BCUT2D eigenvalue weighted by molar-refractivity contribution is 7.99. The van der Waals surface area contributed by atoms with Gasteiger partial charge in [-0.3, -0.25) is 4.79 Å². The van der Waals surface area contributed by atoms with Gasteiger partial charge in [-0.15, -0.1) is 0 Å². The molecule has 0 saturated carbocycles. The number of hydrogen-bond donors (Lipinski definition) is 0. The van der Waals surface area contributed by atoms with Gasteiger partial charge in [0, 0.05) is 42.3 Å².